The van der Waals surface area contributed by atoms with E-state index in [1.165, 1.54) is 19.3 Å². The van der Waals surface area contributed by atoms with Gasteiger partial charge in [-0.3, -0.25) is 0 Å². The van der Waals surface area contributed by atoms with Gasteiger partial charge in [-0.2, -0.15) is 0 Å². The van der Waals surface area contributed by atoms with Gasteiger partial charge in [-0.25, -0.2) is 4.79 Å². The molecule has 34 heavy (non-hydrogen) atoms. The van der Waals surface area contributed by atoms with Crippen LogP contribution in [0.15, 0.2) is 0 Å². The van der Waals surface area contributed by atoms with E-state index in [4.69, 9.17) is 14.2 Å². The minimum atomic E-state index is -0.564. The van der Waals surface area contributed by atoms with Gasteiger partial charge in [-0.05, 0) is 74.7 Å². The minimum Gasteiger partial charge on any atom is -0.460 e. The Hall–Kier alpha value is -0.690. The van der Waals surface area contributed by atoms with Crippen LogP contribution in [-0.4, -0.2) is 53.2 Å². The van der Waals surface area contributed by atoms with Gasteiger partial charge in [0.1, 0.15) is 12.9 Å². The highest BCUT2D eigenvalue weighted by atomic mass is 16.7. The quantitative estimate of drug-likeness (QED) is 0.206. The van der Waals surface area contributed by atoms with Crippen LogP contribution in [0.1, 0.15) is 127 Å². The molecule has 0 bridgehead atoms. The van der Waals surface area contributed by atoms with Crippen LogP contribution < -0.4 is 10.6 Å². The van der Waals surface area contributed by atoms with Gasteiger partial charge in [0.05, 0.1) is 6.10 Å². The molecule has 2 aliphatic rings. The van der Waals surface area contributed by atoms with E-state index in [1.807, 2.05) is 0 Å². The first kappa shape index (κ1) is 29.5. The Balaban J connectivity index is 1.93. The molecule has 0 spiro atoms. The number of hydrogen-bond acceptors (Lipinski definition) is 6. The predicted octanol–water partition coefficient (Wildman–Crippen LogP) is 5.87. The molecule has 6 heteroatoms. The van der Waals surface area contributed by atoms with Gasteiger partial charge < -0.3 is 24.8 Å². The average molecular weight is 483 g/mol. The van der Waals surface area contributed by atoms with E-state index in [9.17, 15) is 4.79 Å². The average Bonchev–Trinajstić information content (AvgIpc) is 2.61. The van der Waals surface area contributed by atoms with E-state index in [0.717, 1.165) is 38.5 Å². The first-order valence-electron chi connectivity index (χ1n) is 13.6. The Morgan fingerprint density at radius 2 is 1.24 bits per heavy atom. The summed E-state index contributed by atoms with van der Waals surface area (Å²) in [6.45, 7) is 19.9. The Morgan fingerprint density at radius 1 is 0.765 bits per heavy atom. The molecule has 0 saturated carbocycles. The number of esters is 1. The van der Waals surface area contributed by atoms with Gasteiger partial charge in [-0.1, -0.05) is 39.0 Å². The summed E-state index contributed by atoms with van der Waals surface area (Å²) in [5.74, 6) is -0.233. The third-order valence-corrected chi connectivity index (χ3v) is 6.99. The largest absolute Gasteiger partial charge is 0.460 e. The number of rotatable bonds is 12. The fraction of sp³-hybridized carbons (Fsp3) is 0.964. The second-order valence-corrected chi connectivity index (χ2v) is 13.4. The first-order chi connectivity index (χ1) is 15.6. The maximum Gasteiger partial charge on any atom is 0.335 e. The zero-order valence-corrected chi connectivity index (χ0v) is 23.6. The van der Waals surface area contributed by atoms with Crippen molar-refractivity contribution in [3.8, 4) is 0 Å². The SMILES string of the molecule is CCCCCCCC(OCOC1CC(C)(C)NC(C)(C)C1)C(=O)OC1CC(C)(C)NC(C)(C)C1. The number of nitrogens with one attached hydrogen (secondary N) is 2. The van der Waals surface area contributed by atoms with Gasteiger partial charge in [0.15, 0.2) is 6.10 Å². The van der Waals surface area contributed by atoms with Crippen LogP contribution in [0, 0.1) is 0 Å². The molecular weight excluding hydrogens is 428 g/mol. The fourth-order valence-corrected chi connectivity index (χ4v) is 6.32. The predicted molar refractivity (Wildman–Crippen MR) is 139 cm³/mol. The Labute approximate surface area is 209 Å². The van der Waals surface area contributed by atoms with Crippen molar-refractivity contribution in [3.63, 3.8) is 0 Å². The van der Waals surface area contributed by atoms with Crippen molar-refractivity contribution in [3.05, 3.63) is 0 Å². The van der Waals surface area contributed by atoms with Crippen LogP contribution in [0.3, 0.4) is 0 Å². The molecule has 0 amide bonds. The fourth-order valence-electron chi connectivity index (χ4n) is 6.32. The summed E-state index contributed by atoms with van der Waals surface area (Å²) in [7, 11) is 0. The van der Waals surface area contributed by atoms with E-state index in [0.29, 0.717) is 6.42 Å². The molecule has 2 aliphatic heterocycles. The lowest BCUT2D eigenvalue weighted by Crippen LogP contribution is -2.60. The van der Waals surface area contributed by atoms with Gasteiger partial charge in [0, 0.05) is 35.0 Å². The molecule has 2 rings (SSSR count). The molecule has 0 aromatic carbocycles. The monoisotopic (exact) mass is 482 g/mol. The molecule has 6 nitrogen and oxygen atoms in total. The maximum absolute atomic E-state index is 13.2. The number of hydrogen-bond donors (Lipinski definition) is 2. The summed E-state index contributed by atoms with van der Waals surface area (Å²) in [6.07, 6.45) is 9.32. The van der Waals surface area contributed by atoms with E-state index in [2.05, 4.69) is 72.9 Å². The Bertz CT molecular complexity index is 612. The normalized spacial score (nSPS) is 25.1. The molecule has 200 valence electrons. The molecule has 0 radical (unpaired) electrons. The highest BCUT2D eigenvalue weighted by molar-refractivity contribution is 5.74. The Morgan fingerprint density at radius 3 is 1.74 bits per heavy atom. The molecule has 0 aromatic rings. The van der Waals surface area contributed by atoms with E-state index >= 15 is 0 Å². The van der Waals surface area contributed by atoms with E-state index < -0.39 is 6.10 Å². The zero-order valence-electron chi connectivity index (χ0n) is 23.6. The molecular formula is C28H54N2O4. The molecule has 1 atom stereocenters. The molecule has 1 unspecified atom stereocenters. The number of ether oxygens (including phenoxy) is 3. The van der Waals surface area contributed by atoms with Crippen LogP contribution in [0.25, 0.3) is 0 Å². The first-order valence-corrected chi connectivity index (χ1v) is 13.6. The molecule has 2 saturated heterocycles. The second kappa shape index (κ2) is 12.0. The summed E-state index contributed by atoms with van der Waals surface area (Å²) in [6, 6.07) is 0. The van der Waals surface area contributed by atoms with Crippen molar-refractivity contribution >= 4 is 5.97 Å². The van der Waals surface area contributed by atoms with Gasteiger partial charge in [0.25, 0.3) is 0 Å². The summed E-state index contributed by atoms with van der Waals surface area (Å²) in [4.78, 5) is 13.2. The minimum absolute atomic E-state index is 0.0126. The van der Waals surface area contributed by atoms with Gasteiger partial charge in [0.2, 0.25) is 0 Å². The van der Waals surface area contributed by atoms with Crippen molar-refractivity contribution in [1.82, 2.24) is 10.6 Å². The Kier molecular flexibility index (Phi) is 10.5. The van der Waals surface area contributed by atoms with Crippen LogP contribution in [-0.2, 0) is 19.0 Å². The highest BCUT2D eigenvalue weighted by Crippen LogP contribution is 2.32. The molecule has 2 N–H and O–H groups in total. The van der Waals surface area contributed by atoms with E-state index in [1.54, 1.807) is 0 Å². The maximum atomic E-state index is 13.2. The lowest BCUT2D eigenvalue weighted by molar-refractivity contribution is -0.183. The highest BCUT2D eigenvalue weighted by Gasteiger charge is 2.41. The smallest absolute Gasteiger partial charge is 0.335 e. The summed E-state index contributed by atoms with van der Waals surface area (Å²) < 4.78 is 18.3. The van der Waals surface area contributed by atoms with Crippen LogP contribution >= 0.6 is 0 Å². The van der Waals surface area contributed by atoms with Crippen molar-refractivity contribution in [2.24, 2.45) is 0 Å². The van der Waals surface area contributed by atoms with Crippen molar-refractivity contribution in [1.29, 1.82) is 0 Å². The van der Waals surface area contributed by atoms with Crippen LogP contribution in [0.4, 0.5) is 0 Å². The van der Waals surface area contributed by atoms with Crippen molar-refractivity contribution in [2.75, 3.05) is 6.79 Å². The third-order valence-electron chi connectivity index (χ3n) is 6.99. The lowest BCUT2D eigenvalue weighted by Gasteiger charge is -2.46. The van der Waals surface area contributed by atoms with E-state index in [-0.39, 0.29) is 47.1 Å². The van der Waals surface area contributed by atoms with Crippen LogP contribution in [0.2, 0.25) is 0 Å². The second-order valence-electron chi connectivity index (χ2n) is 13.4. The number of carbonyl (C=O) groups is 1. The van der Waals surface area contributed by atoms with Crippen molar-refractivity contribution < 1.29 is 19.0 Å². The van der Waals surface area contributed by atoms with Gasteiger partial charge in [-0.15, -0.1) is 0 Å². The molecule has 2 fully saturated rings. The lowest BCUT2D eigenvalue weighted by atomic mass is 9.81. The summed E-state index contributed by atoms with van der Waals surface area (Å²) in [5.41, 5.74) is -0.112. The number of unbranched alkanes of at least 4 members (excludes halogenated alkanes) is 4. The van der Waals surface area contributed by atoms with Crippen molar-refractivity contribution in [2.45, 2.75) is 167 Å². The number of carbonyl (C=O) groups excluding carboxylic acids is 1. The summed E-state index contributed by atoms with van der Waals surface area (Å²) in [5, 5.41) is 7.34. The standard InChI is InChI=1S/C28H54N2O4/c1-10-11-12-13-14-15-23(24(31)34-22-18-27(6,7)30-28(8,9)19-22)33-20-32-21-16-25(2,3)29-26(4,5)17-21/h21-23,29-30H,10-20H2,1-9H3. The summed E-state index contributed by atoms with van der Waals surface area (Å²) >= 11 is 0. The molecule has 0 aliphatic carbocycles. The number of piperidine rings is 2. The molecule has 2 heterocycles. The third kappa shape index (κ3) is 10.5. The molecule has 0 aromatic heterocycles. The zero-order chi connectivity index (χ0) is 25.6. The topological polar surface area (TPSA) is 68.8 Å². The van der Waals surface area contributed by atoms with Crippen LogP contribution in [0.5, 0.6) is 0 Å². The van der Waals surface area contributed by atoms with Gasteiger partial charge >= 0.3 is 5.97 Å².